The fourth-order valence-electron chi connectivity index (χ4n) is 3.64. The van der Waals surface area contributed by atoms with Crippen LogP contribution in [0.1, 0.15) is 48.5 Å². The first-order valence-electron chi connectivity index (χ1n) is 10.1. The summed E-state index contributed by atoms with van der Waals surface area (Å²) in [5, 5.41) is 4.62. The van der Waals surface area contributed by atoms with Crippen LogP contribution in [0.2, 0.25) is 0 Å². The highest BCUT2D eigenvalue weighted by Gasteiger charge is 2.18. The first-order chi connectivity index (χ1) is 14.5. The molecule has 0 bridgehead atoms. The van der Waals surface area contributed by atoms with Gasteiger partial charge in [-0.2, -0.15) is 0 Å². The molecule has 0 aliphatic rings. The number of benzene rings is 2. The maximum Gasteiger partial charge on any atom is 0.251 e. The van der Waals surface area contributed by atoms with Gasteiger partial charge in [0, 0.05) is 35.6 Å². The average Bonchev–Trinajstić information content (AvgIpc) is 3.13. The van der Waals surface area contributed by atoms with Crippen molar-refractivity contribution in [3.63, 3.8) is 0 Å². The fourth-order valence-corrected chi connectivity index (χ4v) is 3.64. The lowest BCUT2D eigenvalue weighted by Crippen LogP contribution is -2.26. The molecule has 0 unspecified atom stereocenters. The summed E-state index contributed by atoms with van der Waals surface area (Å²) >= 11 is 0. The quantitative estimate of drug-likeness (QED) is 0.422. The van der Waals surface area contributed by atoms with E-state index >= 15 is 0 Å². The molecule has 0 aliphatic heterocycles. The van der Waals surface area contributed by atoms with E-state index in [4.69, 9.17) is 4.98 Å². The van der Waals surface area contributed by atoms with Crippen LogP contribution >= 0.6 is 0 Å². The molecule has 4 aromatic rings. The van der Waals surface area contributed by atoms with E-state index in [0.29, 0.717) is 24.5 Å². The van der Waals surface area contributed by atoms with Crippen molar-refractivity contribution in [1.29, 1.82) is 0 Å². The maximum absolute atomic E-state index is 13.6. The molecular formula is C24H25FN4O. The van der Waals surface area contributed by atoms with E-state index < -0.39 is 0 Å². The maximum atomic E-state index is 13.6. The zero-order valence-electron chi connectivity index (χ0n) is 17.1. The fraction of sp³-hybridized carbons (Fsp3) is 0.250. The van der Waals surface area contributed by atoms with Crippen LogP contribution in [-0.2, 0) is 13.0 Å². The number of nitrogens with one attached hydrogen (secondary N) is 3. The molecule has 30 heavy (non-hydrogen) atoms. The second-order valence-electron chi connectivity index (χ2n) is 7.84. The molecule has 0 fully saturated rings. The van der Waals surface area contributed by atoms with Gasteiger partial charge in [0.25, 0.3) is 5.56 Å². The summed E-state index contributed by atoms with van der Waals surface area (Å²) < 4.78 is 13.6. The molecule has 0 saturated carbocycles. The van der Waals surface area contributed by atoms with E-state index in [-0.39, 0.29) is 23.3 Å². The second-order valence-corrected chi connectivity index (χ2v) is 7.84. The summed E-state index contributed by atoms with van der Waals surface area (Å²) in [6, 6.07) is 16.0. The predicted molar refractivity (Wildman–Crippen MR) is 117 cm³/mol. The molecule has 0 spiro atoms. The van der Waals surface area contributed by atoms with E-state index in [9.17, 15) is 9.18 Å². The van der Waals surface area contributed by atoms with E-state index in [0.717, 1.165) is 22.0 Å². The van der Waals surface area contributed by atoms with Crippen LogP contribution in [-0.4, -0.2) is 15.0 Å². The molecule has 0 amide bonds. The minimum atomic E-state index is -0.265. The Balaban J connectivity index is 1.68. The van der Waals surface area contributed by atoms with Gasteiger partial charge >= 0.3 is 0 Å². The first-order valence-corrected chi connectivity index (χ1v) is 10.1. The lowest BCUT2D eigenvalue weighted by molar-refractivity contribution is 0.512. The highest BCUT2D eigenvalue weighted by atomic mass is 19.1. The number of aromatic amines is 2. The van der Waals surface area contributed by atoms with E-state index in [1.807, 2.05) is 44.3 Å². The van der Waals surface area contributed by atoms with Crippen LogP contribution in [0, 0.1) is 5.82 Å². The number of para-hydroxylation sites is 1. The van der Waals surface area contributed by atoms with E-state index in [1.54, 1.807) is 12.1 Å². The number of rotatable bonds is 7. The van der Waals surface area contributed by atoms with Crippen LogP contribution in [0.25, 0.3) is 10.9 Å². The minimum absolute atomic E-state index is 0.106. The van der Waals surface area contributed by atoms with Gasteiger partial charge in [-0.3, -0.25) is 4.79 Å². The molecule has 3 N–H and O–H groups in total. The summed E-state index contributed by atoms with van der Waals surface area (Å²) in [4.78, 5) is 23.1. The van der Waals surface area contributed by atoms with Gasteiger partial charge in [0.15, 0.2) is 0 Å². The van der Waals surface area contributed by atoms with Gasteiger partial charge in [-0.25, -0.2) is 9.37 Å². The number of halogens is 1. The highest BCUT2D eigenvalue weighted by molar-refractivity contribution is 5.83. The van der Waals surface area contributed by atoms with Crippen molar-refractivity contribution in [2.24, 2.45) is 0 Å². The molecule has 1 atom stereocenters. The Labute approximate surface area is 174 Å². The SMILES string of the molecule is CC(C)c1nc([C@@H](Cc2c[nH]c3ccccc23)NCc2cccc(F)c2)cc(=O)[nH]1. The Kier molecular flexibility index (Phi) is 5.77. The molecule has 6 heteroatoms. The van der Waals surface area contributed by atoms with Crippen LogP contribution in [0.15, 0.2) is 65.6 Å². The summed E-state index contributed by atoms with van der Waals surface area (Å²) in [6.45, 7) is 4.46. The van der Waals surface area contributed by atoms with Crippen LogP contribution in [0.4, 0.5) is 4.39 Å². The van der Waals surface area contributed by atoms with E-state index in [2.05, 4.69) is 21.4 Å². The van der Waals surface area contributed by atoms with Crippen molar-refractivity contribution in [3.8, 4) is 0 Å². The smallest absolute Gasteiger partial charge is 0.251 e. The Morgan fingerprint density at radius 2 is 1.93 bits per heavy atom. The number of hydrogen-bond donors (Lipinski definition) is 3. The number of aromatic nitrogens is 3. The van der Waals surface area contributed by atoms with E-state index in [1.165, 1.54) is 12.1 Å². The third kappa shape index (κ3) is 4.49. The van der Waals surface area contributed by atoms with Gasteiger partial charge in [-0.1, -0.05) is 44.2 Å². The number of hydrogen-bond acceptors (Lipinski definition) is 3. The Bertz CT molecular complexity index is 1210. The Hall–Kier alpha value is -3.25. The largest absolute Gasteiger partial charge is 0.361 e. The lowest BCUT2D eigenvalue weighted by Gasteiger charge is -2.19. The van der Waals surface area contributed by atoms with Crippen molar-refractivity contribution in [2.45, 2.75) is 38.8 Å². The zero-order valence-corrected chi connectivity index (χ0v) is 17.1. The zero-order chi connectivity index (χ0) is 21.1. The normalized spacial score (nSPS) is 12.5. The molecule has 0 saturated heterocycles. The molecule has 2 aromatic carbocycles. The topological polar surface area (TPSA) is 73.6 Å². The monoisotopic (exact) mass is 404 g/mol. The molecular weight excluding hydrogens is 379 g/mol. The summed E-state index contributed by atoms with van der Waals surface area (Å²) in [6.07, 6.45) is 2.64. The third-order valence-electron chi connectivity index (χ3n) is 5.22. The molecule has 4 rings (SSSR count). The minimum Gasteiger partial charge on any atom is -0.361 e. The molecule has 154 valence electrons. The van der Waals surface area contributed by atoms with Crippen LogP contribution < -0.4 is 10.9 Å². The van der Waals surface area contributed by atoms with Gasteiger partial charge in [-0.15, -0.1) is 0 Å². The second kappa shape index (κ2) is 8.63. The Morgan fingerprint density at radius 3 is 2.73 bits per heavy atom. The van der Waals surface area contributed by atoms with Crippen LogP contribution in [0.5, 0.6) is 0 Å². The highest BCUT2D eigenvalue weighted by Crippen LogP contribution is 2.24. The van der Waals surface area contributed by atoms with Gasteiger partial charge in [0.2, 0.25) is 0 Å². The van der Waals surface area contributed by atoms with Gasteiger partial charge in [0.05, 0.1) is 11.7 Å². The number of fused-ring (bicyclic) bond motifs is 1. The van der Waals surface area contributed by atoms with Crippen molar-refractivity contribution < 1.29 is 4.39 Å². The lowest BCUT2D eigenvalue weighted by atomic mass is 10.0. The molecule has 0 radical (unpaired) electrons. The van der Waals surface area contributed by atoms with Crippen molar-refractivity contribution >= 4 is 10.9 Å². The number of H-pyrrole nitrogens is 2. The molecule has 5 nitrogen and oxygen atoms in total. The molecule has 2 heterocycles. The average molecular weight is 404 g/mol. The van der Waals surface area contributed by atoms with Gasteiger partial charge in [0.1, 0.15) is 11.6 Å². The summed E-state index contributed by atoms with van der Waals surface area (Å²) in [7, 11) is 0. The van der Waals surface area contributed by atoms with Gasteiger partial charge < -0.3 is 15.3 Å². The summed E-state index contributed by atoms with van der Waals surface area (Å²) in [5.41, 5.74) is 3.56. The van der Waals surface area contributed by atoms with Gasteiger partial charge in [-0.05, 0) is 35.7 Å². The number of nitrogens with zero attached hydrogens (tertiary/aromatic N) is 1. The first kappa shape index (κ1) is 20.0. The standard InChI is InChI=1S/C24H25FN4O/c1-15(2)24-28-22(12-23(30)29-24)21(26-13-16-6-5-7-18(25)10-16)11-17-14-27-20-9-4-3-8-19(17)20/h3-10,12,14-15,21,26-27H,11,13H2,1-2H3,(H,28,29,30)/t21-/m1/s1. The van der Waals surface area contributed by atoms with Crippen molar-refractivity contribution in [1.82, 2.24) is 20.3 Å². The summed E-state index contributed by atoms with van der Waals surface area (Å²) in [5.74, 6) is 0.502. The predicted octanol–water partition coefficient (Wildman–Crippen LogP) is 4.59. The molecule has 0 aliphatic carbocycles. The third-order valence-corrected chi connectivity index (χ3v) is 5.22. The molecule has 2 aromatic heterocycles. The van der Waals surface area contributed by atoms with Crippen molar-refractivity contribution in [2.75, 3.05) is 0 Å². The van der Waals surface area contributed by atoms with Crippen LogP contribution in [0.3, 0.4) is 0 Å². The Morgan fingerprint density at radius 1 is 1.10 bits per heavy atom. The van der Waals surface area contributed by atoms with Crippen molar-refractivity contribution in [3.05, 3.63) is 99.6 Å².